The fourth-order valence-electron chi connectivity index (χ4n) is 4.10. The van der Waals surface area contributed by atoms with Crippen LogP contribution in [0.3, 0.4) is 0 Å². The standard InChI is InChI=1S/C20H28Cl2N2O3S/c21-18-10-5-11-19(22)17(18)14-28(26,27)24-12-6-7-15(13-24)20(25)23-16-8-3-1-2-4-9-16/h5,10-11,15-16H,1-4,6-9,12-14H2,(H,23,25)/t15-/m1/s1. The number of carbonyl (C=O) groups is 1. The van der Waals surface area contributed by atoms with Crippen LogP contribution >= 0.6 is 23.2 Å². The van der Waals surface area contributed by atoms with Gasteiger partial charge in [0.2, 0.25) is 15.9 Å². The van der Waals surface area contributed by atoms with Crippen molar-refractivity contribution in [2.75, 3.05) is 13.1 Å². The van der Waals surface area contributed by atoms with Gasteiger partial charge in [-0.15, -0.1) is 0 Å². The van der Waals surface area contributed by atoms with Crippen LogP contribution in [0.25, 0.3) is 0 Å². The number of carbonyl (C=O) groups excluding carboxylic acids is 1. The number of rotatable bonds is 5. The lowest BCUT2D eigenvalue weighted by molar-refractivity contribution is -0.126. The second-order valence-electron chi connectivity index (χ2n) is 7.85. The molecular formula is C20H28Cl2N2O3S. The molecule has 28 heavy (non-hydrogen) atoms. The highest BCUT2D eigenvalue weighted by Crippen LogP contribution is 2.29. The minimum Gasteiger partial charge on any atom is -0.353 e. The highest BCUT2D eigenvalue weighted by Gasteiger charge is 2.33. The summed E-state index contributed by atoms with van der Waals surface area (Å²) in [7, 11) is -3.60. The molecule has 1 aromatic carbocycles. The van der Waals surface area contributed by atoms with Gasteiger partial charge in [-0.05, 0) is 37.8 Å². The van der Waals surface area contributed by atoms with Crippen molar-refractivity contribution < 1.29 is 13.2 Å². The number of hydrogen-bond donors (Lipinski definition) is 1. The van der Waals surface area contributed by atoms with Gasteiger partial charge in [-0.2, -0.15) is 0 Å². The van der Waals surface area contributed by atoms with Gasteiger partial charge in [-0.25, -0.2) is 12.7 Å². The van der Waals surface area contributed by atoms with E-state index in [1.54, 1.807) is 18.2 Å². The third-order valence-electron chi connectivity index (χ3n) is 5.74. The molecule has 5 nitrogen and oxygen atoms in total. The maximum atomic E-state index is 12.9. The molecule has 0 bridgehead atoms. The summed E-state index contributed by atoms with van der Waals surface area (Å²) in [5.74, 6) is -0.557. The Morgan fingerprint density at radius 1 is 1.04 bits per heavy atom. The van der Waals surface area contributed by atoms with Crippen LogP contribution in [0.1, 0.15) is 56.9 Å². The van der Waals surface area contributed by atoms with E-state index in [0.717, 1.165) is 32.1 Å². The first-order valence-corrected chi connectivity index (χ1v) is 12.4. The molecule has 1 heterocycles. The highest BCUT2D eigenvalue weighted by molar-refractivity contribution is 7.88. The molecule has 1 amide bonds. The van der Waals surface area contributed by atoms with Crippen molar-refractivity contribution in [2.45, 2.75) is 63.2 Å². The van der Waals surface area contributed by atoms with Gasteiger partial charge in [-0.1, -0.05) is 55.0 Å². The van der Waals surface area contributed by atoms with E-state index in [9.17, 15) is 13.2 Å². The highest BCUT2D eigenvalue weighted by atomic mass is 35.5. The van der Waals surface area contributed by atoms with Gasteiger partial charge in [-0.3, -0.25) is 4.79 Å². The molecule has 1 saturated carbocycles. The van der Waals surface area contributed by atoms with E-state index >= 15 is 0 Å². The third-order valence-corrected chi connectivity index (χ3v) is 8.22. The summed E-state index contributed by atoms with van der Waals surface area (Å²) >= 11 is 12.3. The molecule has 0 spiro atoms. The zero-order valence-corrected chi connectivity index (χ0v) is 18.3. The quantitative estimate of drug-likeness (QED) is 0.682. The van der Waals surface area contributed by atoms with Crippen molar-refractivity contribution in [1.82, 2.24) is 9.62 Å². The minimum atomic E-state index is -3.60. The van der Waals surface area contributed by atoms with E-state index in [1.807, 2.05) is 0 Å². The molecule has 1 atom stereocenters. The molecule has 3 rings (SSSR count). The van der Waals surface area contributed by atoms with Gasteiger partial charge in [0.1, 0.15) is 0 Å². The molecular weight excluding hydrogens is 419 g/mol. The summed E-state index contributed by atoms with van der Waals surface area (Å²) in [5, 5.41) is 3.85. The molecule has 1 aliphatic heterocycles. The van der Waals surface area contributed by atoms with Gasteiger partial charge < -0.3 is 5.32 Å². The van der Waals surface area contributed by atoms with Crippen molar-refractivity contribution in [3.05, 3.63) is 33.8 Å². The minimum absolute atomic E-state index is 0.0115. The van der Waals surface area contributed by atoms with E-state index in [0.29, 0.717) is 28.6 Å². The Bertz CT molecular complexity index is 772. The predicted octanol–water partition coefficient (Wildman–Crippen LogP) is 4.37. The van der Waals surface area contributed by atoms with E-state index < -0.39 is 10.0 Å². The zero-order valence-electron chi connectivity index (χ0n) is 16.0. The Morgan fingerprint density at radius 3 is 2.32 bits per heavy atom. The van der Waals surface area contributed by atoms with E-state index in [2.05, 4.69) is 5.32 Å². The van der Waals surface area contributed by atoms with E-state index in [-0.39, 0.29) is 30.2 Å². The summed E-state index contributed by atoms with van der Waals surface area (Å²) in [5.41, 5.74) is 0.413. The summed E-state index contributed by atoms with van der Waals surface area (Å²) in [6.45, 7) is 0.653. The van der Waals surface area contributed by atoms with E-state index in [4.69, 9.17) is 23.2 Å². The number of benzene rings is 1. The number of nitrogens with zero attached hydrogens (tertiary/aromatic N) is 1. The average molecular weight is 447 g/mol. The lowest BCUT2D eigenvalue weighted by Crippen LogP contribution is -2.47. The van der Waals surface area contributed by atoms with Crippen LogP contribution in [0.15, 0.2) is 18.2 Å². The van der Waals surface area contributed by atoms with Crippen LogP contribution in [0, 0.1) is 5.92 Å². The van der Waals surface area contributed by atoms with Crippen LogP contribution in [0.4, 0.5) is 0 Å². The van der Waals surface area contributed by atoms with Crippen LogP contribution in [0.2, 0.25) is 10.0 Å². The topological polar surface area (TPSA) is 66.5 Å². The largest absolute Gasteiger partial charge is 0.353 e. The summed E-state index contributed by atoms with van der Waals surface area (Å²) in [6.07, 6.45) is 8.19. The lowest BCUT2D eigenvalue weighted by atomic mass is 9.97. The van der Waals surface area contributed by atoms with Gasteiger partial charge in [0.05, 0.1) is 11.7 Å². The Kier molecular flexibility index (Phi) is 7.65. The second-order valence-corrected chi connectivity index (χ2v) is 10.6. The molecule has 2 aliphatic rings. The van der Waals surface area contributed by atoms with E-state index in [1.165, 1.54) is 17.1 Å². The molecule has 0 aromatic heterocycles. The first-order valence-electron chi connectivity index (χ1n) is 10.1. The number of nitrogens with one attached hydrogen (secondary N) is 1. The van der Waals surface area contributed by atoms with Gasteiger partial charge >= 0.3 is 0 Å². The Hall–Kier alpha value is -0.820. The summed E-state index contributed by atoms with van der Waals surface area (Å²) in [4.78, 5) is 12.7. The number of piperidine rings is 1. The normalized spacial score (nSPS) is 22.6. The summed E-state index contributed by atoms with van der Waals surface area (Å²) < 4.78 is 27.3. The maximum Gasteiger partial charge on any atom is 0.224 e. The molecule has 1 aromatic rings. The van der Waals surface area contributed by atoms with Crippen LogP contribution in [0.5, 0.6) is 0 Å². The van der Waals surface area contributed by atoms with Gasteiger partial charge in [0.25, 0.3) is 0 Å². The van der Waals surface area contributed by atoms with Gasteiger partial charge in [0.15, 0.2) is 0 Å². The van der Waals surface area contributed by atoms with Gasteiger partial charge in [0, 0.05) is 34.7 Å². The van der Waals surface area contributed by atoms with Crippen molar-refractivity contribution in [1.29, 1.82) is 0 Å². The zero-order chi connectivity index (χ0) is 20.1. The monoisotopic (exact) mass is 446 g/mol. The predicted molar refractivity (Wildman–Crippen MR) is 113 cm³/mol. The number of amides is 1. The van der Waals surface area contributed by atoms with Crippen LogP contribution in [-0.4, -0.2) is 37.8 Å². The fraction of sp³-hybridized carbons (Fsp3) is 0.650. The van der Waals surface area contributed by atoms with Crippen LogP contribution in [-0.2, 0) is 20.6 Å². The maximum absolute atomic E-state index is 12.9. The average Bonchev–Trinajstić information content (AvgIpc) is 2.94. The van der Waals surface area contributed by atoms with Crippen molar-refractivity contribution in [2.24, 2.45) is 5.92 Å². The number of sulfonamides is 1. The molecule has 8 heteroatoms. The molecule has 1 aliphatic carbocycles. The first-order chi connectivity index (χ1) is 13.4. The molecule has 1 saturated heterocycles. The van der Waals surface area contributed by atoms with Crippen molar-refractivity contribution in [3.8, 4) is 0 Å². The van der Waals surface area contributed by atoms with Crippen molar-refractivity contribution in [3.63, 3.8) is 0 Å². The molecule has 0 unspecified atom stereocenters. The molecule has 156 valence electrons. The smallest absolute Gasteiger partial charge is 0.224 e. The third kappa shape index (κ3) is 5.62. The first kappa shape index (κ1) is 21.9. The summed E-state index contributed by atoms with van der Waals surface area (Å²) in [6, 6.07) is 5.19. The lowest BCUT2D eigenvalue weighted by Gasteiger charge is -2.32. The number of halogens is 2. The SMILES string of the molecule is O=C(NC1CCCCCC1)[C@@H]1CCCN(S(=O)(=O)Cc2c(Cl)cccc2Cl)C1. The molecule has 2 fully saturated rings. The fourth-order valence-corrected chi connectivity index (χ4v) is 6.46. The van der Waals surface area contributed by atoms with Crippen LogP contribution < -0.4 is 5.32 Å². The molecule has 1 N–H and O–H groups in total. The number of hydrogen-bond acceptors (Lipinski definition) is 3. The van der Waals surface area contributed by atoms with Crippen molar-refractivity contribution >= 4 is 39.1 Å². The Morgan fingerprint density at radius 2 is 1.68 bits per heavy atom. The second kappa shape index (κ2) is 9.79. The Labute approximate surface area is 177 Å². The Balaban J connectivity index is 1.64. The molecule has 0 radical (unpaired) electrons.